The minimum Gasteiger partial charge on any atom is -0.481 e. The van der Waals surface area contributed by atoms with Gasteiger partial charge in [0, 0.05) is 10.9 Å². The van der Waals surface area contributed by atoms with E-state index in [1.54, 1.807) is 10.9 Å². The van der Waals surface area contributed by atoms with Crippen LogP contribution in [0.3, 0.4) is 0 Å². The summed E-state index contributed by atoms with van der Waals surface area (Å²) in [5.41, 5.74) is 2.69. The van der Waals surface area contributed by atoms with E-state index in [2.05, 4.69) is 26.2 Å². The fraction of sp³-hybridized carbons (Fsp3) is 0.250. The number of aromatic nitrogens is 3. The number of benzene rings is 1. The normalized spacial score (nSPS) is 10.6. The largest absolute Gasteiger partial charge is 0.481 e. The molecule has 0 bridgehead atoms. The van der Waals surface area contributed by atoms with Crippen molar-refractivity contribution in [1.82, 2.24) is 15.0 Å². The molecule has 5 nitrogen and oxygen atoms in total. The zero-order chi connectivity index (χ0) is 13.1. The number of carbonyl (C=O) groups is 1. The Balaban J connectivity index is 2.23. The van der Waals surface area contributed by atoms with Gasteiger partial charge in [-0.3, -0.25) is 4.79 Å². The van der Waals surface area contributed by atoms with Gasteiger partial charge in [0.25, 0.3) is 0 Å². The molecule has 0 fully saturated rings. The summed E-state index contributed by atoms with van der Waals surface area (Å²) in [6, 6.07) is 5.93. The minimum atomic E-state index is -0.832. The van der Waals surface area contributed by atoms with Crippen molar-refractivity contribution in [3.63, 3.8) is 0 Å². The average Bonchev–Trinajstić information content (AvgIpc) is 2.78. The van der Waals surface area contributed by atoms with Crippen molar-refractivity contribution in [2.24, 2.45) is 0 Å². The zero-order valence-corrected chi connectivity index (χ0v) is 11.4. The van der Waals surface area contributed by atoms with Crippen LogP contribution in [0, 0.1) is 6.92 Å². The Bertz CT molecular complexity index is 580. The van der Waals surface area contributed by atoms with E-state index in [0.717, 1.165) is 15.7 Å². The van der Waals surface area contributed by atoms with Crippen LogP contribution in [0.2, 0.25) is 0 Å². The second-order valence-electron chi connectivity index (χ2n) is 4.00. The summed E-state index contributed by atoms with van der Waals surface area (Å²) in [5.74, 6) is -0.832. The number of carboxylic acids is 1. The highest BCUT2D eigenvalue weighted by atomic mass is 79.9. The molecule has 0 aliphatic rings. The number of hydrogen-bond acceptors (Lipinski definition) is 3. The molecule has 0 amide bonds. The number of carboxylic acid groups (broad SMARTS) is 1. The lowest BCUT2D eigenvalue weighted by Crippen LogP contribution is -1.97. The molecule has 0 aliphatic heterocycles. The molecule has 1 aromatic carbocycles. The Morgan fingerprint density at radius 2 is 2.28 bits per heavy atom. The van der Waals surface area contributed by atoms with Crippen LogP contribution in [0.15, 0.2) is 28.9 Å². The van der Waals surface area contributed by atoms with Gasteiger partial charge < -0.3 is 5.11 Å². The van der Waals surface area contributed by atoms with Gasteiger partial charge in [-0.2, -0.15) is 0 Å². The van der Waals surface area contributed by atoms with Gasteiger partial charge in [0.05, 0.1) is 24.0 Å². The molecule has 0 atom stereocenters. The highest BCUT2D eigenvalue weighted by Crippen LogP contribution is 2.21. The van der Waals surface area contributed by atoms with Gasteiger partial charge in [-0.25, -0.2) is 4.68 Å². The summed E-state index contributed by atoms with van der Waals surface area (Å²) in [5, 5.41) is 16.6. The SMILES string of the molecule is Cc1ccc(Br)c(-n2cc(CCC(=O)O)nn2)c1. The first kappa shape index (κ1) is 12.8. The third-order valence-corrected chi connectivity index (χ3v) is 3.15. The Labute approximate surface area is 113 Å². The first-order valence-electron chi connectivity index (χ1n) is 5.46. The van der Waals surface area contributed by atoms with Crippen LogP contribution in [0.5, 0.6) is 0 Å². The van der Waals surface area contributed by atoms with Crippen molar-refractivity contribution in [1.29, 1.82) is 0 Å². The van der Waals surface area contributed by atoms with Gasteiger partial charge in [-0.05, 0) is 40.5 Å². The van der Waals surface area contributed by atoms with Crippen molar-refractivity contribution in [2.45, 2.75) is 19.8 Å². The van der Waals surface area contributed by atoms with Gasteiger partial charge >= 0.3 is 5.97 Å². The molecule has 18 heavy (non-hydrogen) atoms. The molecule has 0 saturated heterocycles. The van der Waals surface area contributed by atoms with Crippen molar-refractivity contribution in [3.05, 3.63) is 40.1 Å². The molecule has 94 valence electrons. The maximum Gasteiger partial charge on any atom is 0.303 e. The van der Waals surface area contributed by atoms with Gasteiger partial charge in [-0.15, -0.1) is 5.10 Å². The summed E-state index contributed by atoms with van der Waals surface area (Å²) in [6.45, 7) is 2.00. The molecular formula is C12H12BrN3O2. The van der Waals surface area contributed by atoms with E-state index in [0.29, 0.717) is 12.1 Å². The quantitative estimate of drug-likeness (QED) is 0.941. The van der Waals surface area contributed by atoms with Crippen molar-refractivity contribution in [3.8, 4) is 5.69 Å². The summed E-state index contributed by atoms with van der Waals surface area (Å²) in [6.07, 6.45) is 2.20. The fourth-order valence-electron chi connectivity index (χ4n) is 1.56. The Morgan fingerprint density at radius 3 is 3.00 bits per heavy atom. The third-order valence-electron chi connectivity index (χ3n) is 2.48. The van der Waals surface area contributed by atoms with Crippen LogP contribution in [0.4, 0.5) is 0 Å². The molecule has 0 saturated carbocycles. The van der Waals surface area contributed by atoms with Crippen molar-refractivity contribution < 1.29 is 9.90 Å². The van der Waals surface area contributed by atoms with Gasteiger partial charge in [0.2, 0.25) is 0 Å². The second-order valence-corrected chi connectivity index (χ2v) is 4.86. The van der Waals surface area contributed by atoms with Crippen LogP contribution >= 0.6 is 15.9 Å². The third kappa shape index (κ3) is 2.95. The Hall–Kier alpha value is -1.69. The fourth-order valence-corrected chi connectivity index (χ4v) is 1.99. The standard InChI is InChI=1S/C12H12BrN3O2/c1-8-2-4-10(13)11(6-8)16-7-9(14-15-16)3-5-12(17)18/h2,4,6-7H,3,5H2,1H3,(H,17,18). The van der Waals surface area contributed by atoms with Crippen LogP contribution in [0.1, 0.15) is 17.7 Å². The molecule has 0 unspecified atom stereocenters. The number of aliphatic carboxylic acids is 1. The molecule has 6 heteroatoms. The number of halogens is 1. The molecule has 0 aliphatic carbocycles. The summed E-state index contributed by atoms with van der Waals surface area (Å²) in [4.78, 5) is 10.5. The predicted molar refractivity (Wildman–Crippen MR) is 69.8 cm³/mol. The summed E-state index contributed by atoms with van der Waals surface area (Å²) in [7, 11) is 0. The first-order chi connectivity index (χ1) is 8.56. The number of rotatable bonds is 4. The topological polar surface area (TPSA) is 68.0 Å². The molecular weight excluding hydrogens is 298 g/mol. The molecule has 1 aromatic heterocycles. The lowest BCUT2D eigenvalue weighted by molar-refractivity contribution is -0.136. The van der Waals surface area contributed by atoms with Gasteiger partial charge in [0.15, 0.2) is 0 Å². The van der Waals surface area contributed by atoms with Crippen LogP contribution in [-0.2, 0) is 11.2 Å². The lowest BCUT2D eigenvalue weighted by atomic mass is 10.2. The zero-order valence-electron chi connectivity index (χ0n) is 9.80. The van der Waals surface area contributed by atoms with Crippen molar-refractivity contribution >= 4 is 21.9 Å². The van der Waals surface area contributed by atoms with E-state index in [4.69, 9.17) is 5.11 Å². The molecule has 2 rings (SSSR count). The molecule has 1 N–H and O–H groups in total. The van der Waals surface area contributed by atoms with E-state index in [1.165, 1.54) is 0 Å². The van der Waals surface area contributed by atoms with E-state index in [-0.39, 0.29) is 6.42 Å². The monoisotopic (exact) mass is 309 g/mol. The maximum absolute atomic E-state index is 10.5. The Kier molecular flexibility index (Phi) is 3.76. The van der Waals surface area contributed by atoms with E-state index < -0.39 is 5.97 Å². The first-order valence-corrected chi connectivity index (χ1v) is 6.25. The van der Waals surface area contributed by atoms with Crippen LogP contribution in [-0.4, -0.2) is 26.1 Å². The summed E-state index contributed by atoms with van der Waals surface area (Å²) >= 11 is 3.46. The Morgan fingerprint density at radius 1 is 1.50 bits per heavy atom. The number of hydrogen-bond donors (Lipinski definition) is 1. The highest BCUT2D eigenvalue weighted by molar-refractivity contribution is 9.10. The maximum atomic E-state index is 10.5. The number of nitrogens with zero attached hydrogens (tertiary/aromatic N) is 3. The molecule has 0 spiro atoms. The minimum absolute atomic E-state index is 0.0632. The molecule has 0 radical (unpaired) electrons. The lowest BCUT2D eigenvalue weighted by Gasteiger charge is -2.04. The van der Waals surface area contributed by atoms with Crippen LogP contribution in [0.25, 0.3) is 5.69 Å². The average molecular weight is 310 g/mol. The van der Waals surface area contributed by atoms with E-state index in [1.807, 2.05) is 25.1 Å². The molecule has 1 heterocycles. The van der Waals surface area contributed by atoms with E-state index >= 15 is 0 Å². The molecule has 2 aromatic rings. The predicted octanol–water partition coefficient (Wildman–Crippen LogP) is 2.36. The van der Waals surface area contributed by atoms with Crippen LogP contribution < -0.4 is 0 Å². The number of aryl methyl sites for hydroxylation is 2. The van der Waals surface area contributed by atoms with Gasteiger partial charge in [0.1, 0.15) is 0 Å². The summed E-state index contributed by atoms with van der Waals surface area (Å²) < 4.78 is 2.57. The van der Waals surface area contributed by atoms with E-state index in [9.17, 15) is 4.79 Å². The van der Waals surface area contributed by atoms with Crippen molar-refractivity contribution in [2.75, 3.05) is 0 Å². The highest BCUT2D eigenvalue weighted by Gasteiger charge is 2.08. The van der Waals surface area contributed by atoms with Gasteiger partial charge in [-0.1, -0.05) is 11.3 Å². The second kappa shape index (κ2) is 5.30. The smallest absolute Gasteiger partial charge is 0.303 e.